The van der Waals surface area contributed by atoms with Gasteiger partial charge in [0.05, 0.1) is 26.4 Å². The average Bonchev–Trinajstić information content (AvgIpc) is 2.60. The molecule has 0 aromatic rings. The second kappa shape index (κ2) is 5.00. The number of morpholine rings is 1. The van der Waals surface area contributed by atoms with Crippen LogP contribution in [0.3, 0.4) is 0 Å². The van der Waals surface area contributed by atoms with E-state index in [4.69, 9.17) is 15.2 Å². The Kier molecular flexibility index (Phi) is 3.85. The molecule has 2 aliphatic rings. The summed E-state index contributed by atoms with van der Waals surface area (Å²) in [5, 5.41) is 0. The Morgan fingerprint density at radius 2 is 2.19 bits per heavy atom. The largest absolute Gasteiger partial charge is 0.379 e. The van der Waals surface area contributed by atoms with Gasteiger partial charge in [-0.15, -0.1) is 0 Å². The van der Waals surface area contributed by atoms with Crippen LogP contribution in [0.5, 0.6) is 0 Å². The molecule has 2 heterocycles. The van der Waals surface area contributed by atoms with Crippen LogP contribution in [0.15, 0.2) is 0 Å². The van der Waals surface area contributed by atoms with Crippen molar-refractivity contribution in [2.75, 3.05) is 39.5 Å². The van der Waals surface area contributed by atoms with Gasteiger partial charge in [-0.2, -0.15) is 0 Å². The van der Waals surface area contributed by atoms with Crippen LogP contribution in [0, 0.1) is 5.41 Å². The lowest BCUT2D eigenvalue weighted by atomic mass is 9.84. The van der Waals surface area contributed by atoms with Crippen LogP contribution in [0.1, 0.15) is 20.3 Å². The molecular formula is C12H24N2O2. The SMILES string of the molecule is CCC1COCCN1CC1(C)COCC1N. The van der Waals surface area contributed by atoms with Crippen LogP contribution in [-0.4, -0.2) is 56.5 Å². The van der Waals surface area contributed by atoms with Crippen molar-refractivity contribution in [2.24, 2.45) is 11.1 Å². The van der Waals surface area contributed by atoms with Gasteiger partial charge in [-0.05, 0) is 6.42 Å². The molecule has 16 heavy (non-hydrogen) atoms. The van der Waals surface area contributed by atoms with Crippen molar-refractivity contribution in [3.63, 3.8) is 0 Å². The van der Waals surface area contributed by atoms with E-state index in [9.17, 15) is 0 Å². The average molecular weight is 228 g/mol. The van der Waals surface area contributed by atoms with Gasteiger partial charge in [0.25, 0.3) is 0 Å². The van der Waals surface area contributed by atoms with E-state index < -0.39 is 0 Å². The molecule has 2 N–H and O–H groups in total. The fraction of sp³-hybridized carbons (Fsp3) is 1.00. The zero-order valence-corrected chi connectivity index (χ0v) is 10.4. The third-order valence-electron chi connectivity index (χ3n) is 4.01. The van der Waals surface area contributed by atoms with E-state index >= 15 is 0 Å². The van der Waals surface area contributed by atoms with Crippen molar-refractivity contribution >= 4 is 0 Å². The smallest absolute Gasteiger partial charge is 0.0624 e. The minimum atomic E-state index is 0.116. The highest BCUT2D eigenvalue weighted by Gasteiger charge is 2.40. The van der Waals surface area contributed by atoms with Gasteiger partial charge in [-0.1, -0.05) is 13.8 Å². The van der Waals surface area contributed by atoms with Crippen LogP contribution >= 0.6 is 0 Å². The van der Waals surface area contributed by atoms with Crippen LogP contribution in [0.2, 0.25) is 0 Å². The van der Waals surface area contributed by atoms with Gasteiger partial charge < -0.3 is 15.2 Å². The summed E-state index contributed by atoms with van der Waals surface area (Å²) >= 11 is 0. The number of hydrogen-bond donors (Lipinski definition) is 1. The van der Waals surface area contributed by atoms with Gasteiger partial charge in [0.15, 0.2) is 0 Å². The lowest BCUT2D eigenvalue weighted by Gasteiger charge is -2.40. The lowest BCUT2D eigenvalue weighted by Crippen LogP contribution is -2.53. The molecule has 2 aliphatic heterocycles. The summed E-state index contributed by atoms with van der Waals surface area (Å²) in [4.78, 5) is 2.53. The molecule has 2 fully saturated rings. The van der Waals surface area contributed by atoms with Crippen LogP contribution in [0.25, 0.3) is 0 Å². The maximum atomic E-state index is 6.13. The molecule has 3 unspecified atom stereocenters. The molecule has 0 radical (unpaired) electrons. The first kappa shape index (κ1) is 12.3. The normalized spacial score (nSPS) is 41.4. The molecule has 3 atom stereocenters. The fourth-order valence-electron chi connectivity index (χ4n) is 2.63. The van der Waals surface area contributed by atoms with Crippen molar-refractivity contribution in [1.29, 1.82) is 0 Å². The topological polar surface area (TPSA) is 47.7 Å². The molecule has 0 aromatic heterocycles. The first-order valence-electron chi connectivity index (χ1n) is 6.31. The van der Waals surface area contributed by atoms with E-state index in [-0.39, 0.29) is 11.5 Å². The fourth-order valence-corrected chi connectivity index (χ4v) is 2.63. The highest BCUT2D eigenvalue weighted by molar-refractivity contribution is 4.93. The minimum absolute atomic E-state index is 0.116. The predicted octanol–water partition coefficient (Wildman–Crippen LogP) is 0.461. The predicted molar refractivity (Wildman–Crippen MR) is 63.4 cm³/mol. The Labute approximate surface area is 98.1 Å². The zero-order chi connectivity index (χ0) is 11.6. The highest BCUT2D eigenvalue weighted by Crippen LogP contribution is 2.29. The second-order valence-electron chi connectivity index (χ2n) is 5.38. The van der Waals surface area contributed by atoms with Crippen LogP contribution in [-0.2, 0) is 9.47 Å². The molecule has 94 valence electrons. The van der Waals surface area contributed by atoms with Crippen LogP contribution < -0.4 is 5.73 Å². The maximum Gasteiger partial charge on any atom is 0.0624 e. The Bertz CT molecular complexity index is 237. The Morgan fingerprint density at radius 3 is 2.81 bits per heavy atom. The van der Waals surface area contributed by atoms with Crippen molar-refractivity contribution in [3.8, 4) is 0 Å². The van der Waals surface area contributed by atoms with Gasteiger partial charge in [-0.25, -0.2) is 0 Å². The van der Waals surface area contributed by atoms with Gasteiger partial charge in [0.1, 0.15) is 0 Å². The third kappa shape index (κ3) is 2.40. The molecule has 4 heteroatoms. The molecule has 0 amide bonds. The summed E-state index contributed by atoms with van der Waals surface area (Å²) in [7, 11) is 0. The zero-order valence-electron chi connectivity index (χ0n) is 10.4. The molecule has 4 nitrogen and oxygen atoms in total. The van der Waals surface area contributed by atoms with Gasteiger partial charge >= 0.3 is 0 Å². The molecule has 0 bridgehead atoms. The maximum absolute atomic E-state index is 6.13. The van der Waals surface area contributed by atoms with E-state index in [2.05, 4.69) is 18.7 Å². The Balaban J connectivity index is 1.96. The number of ether oxygens (including phenoxy) is 2. The summed E-state index contributed by atoms with van der Waals surface area (Å²) < 4.78 is 11.0. The monoisotopic (exact) mass is 228 g/mol. The first-order chi connectivity index (χ1) is 7.65. The number of nitrogens with zero attached hydrogens (tertiary/aromatic N) is 1. The number of nitrogens with two attached hydrogens (primary N) is 1. The van der Waals surface area contributed by atoms with E-state index in [0.717, 1.165) is 39.3 Å². The van der Waals surface area contributed by atoms with Crippen molar-refractivity contribution in [3.05, 3.63) is 0 Å². The van der Waals surface area contributed by atoms with Crippen molar-refractivity contribution in [1.82, 2.24) is 4.90 Å². The highest BCUT2D eigenvalue weighted by atomic mass is 16.5. The molecule has 0 aliphatic carbocycles. The summed E-state index contributed by atoms with van der Waals surface area (Å²) in [6, 6.07) is 0.728. The van der Waals surface area contributed by atoms with Crippen molar-refractivity contribution in [2.45, 2.75) is 32.4 Å². The second-order valence-corrected chi connectivity index (χ2v) is 5.38. The molecule has 0 spiro atoms. The Hall–Kier alpha value is -0.160. The first-order valence-corrected chi connectivity index (χ1v) is 6.31. The Morgan fingerprint density at radius 1 is 1.38 bits per heavy atom. The molecule has 2 rings (SSSR count). The van der Waals surface area contributed by atoms with Crippen LogP contribution in [0.4, 0.5) is 0 Å². The standard InChI is InChI=1S/C12H24N2O2/c1-3-10-6-15-5-4-14(10)8-12(2)9-16-7-11(12)13/h10-11H,3-9,13H2,1-2H3. The van der Waals surface area contributed by atoms with E-state index in [0.29, 0.717) is 12.6 Å². The molecule has 2 saturated heterocycles. The van der Waals surface area contributed by atoms with Gasteiger partial charge in [0, 0.05) is 30.6 Å². The summed E-state index contributed by atoms with van der Waals surface area (Å²) in [6.45, 7) is 9.74. The minimum Gasteiger partial charge on any atom is -0.379 e. The van der Waals surface area contributed by atoms with E-state index in [1.807, 2.05) is 0 Å². The van der Waals surface area contributed by atoms with E-state index in [1.165, 1.54) is 0 Å². The molecular weight excluding hydrogens is 204 g/mol. The summed E-state index contributed by atoms with van der Waals surface area (Å²) in [6.07, 6.45) is 1.15. The number of rotatable bonds is 3. The van der Waals surface area contributed by atoms with Gasteiger partial charge in [0.2, 0.25) is 0 Å². The lowest BCUT2D eigenvalue weighted by molar-refractivity contribution is -0.0283. The molecule has 0 aromatic carbocycles. The quantitative estimate of drug-likeness (QED) is 0.762. The summed E-state index contributed by atoms with van der Waals surface area (Å²) in [5.41, 5.74) is 6.25. The molecule has 0 saturated carbocycles. The van der Waals surface area contributed by atoms with Gasteiger partial charge in [-0.3, -0.25) is 4.90 Å². The third-order valence-corrected chi connectivity index (χ3v) is 4.01. The number of hydrogen-bond acceptors (Lipinski definition) is 4. The summed E-state index contributed by atoms with van der Waals surface area (Å²) in [5.74, 6) is 0. The van der Waals surface area contributed by atoms with E-state index in [1.54, 1.807) is 0 Å². The van der Waals surface area contributed by atoms with Crippen molar-refractivity contribution < 1.29 is 9.47 Å².